The van der Waals surface area contributed by atoms with Crippen molar-refractivity contribution in [3.8, 4) is 0 Å². The first-order valence-corrected chi connectivity index (χ1v) is 1.79. The van der Waals surface area contributed by atoms with E-state index in [1.54, 1.807) is 9.47 Å². The Kier molecular flexibility index (Phi) is 3.24. The molecule has 5 heteroatoms. The highest BCUT2D eigenvalue weighted by molar-refractivity contribution is 7.10. The Morgan fingerprint density at radius 1 is 1.71 bits per heavy atom. The number of carbonyl (C=O) groups excluding carboxylic acids is 2. The number of ether oxygens (including phenoxy) is 1. The Hall–Kier alpha value is -0.630. The fourth-order valence-corrected chi connectivity index (χ4v) is 0.123. The van der Waals surface area contributed by atoms with Gasteiger partial charge in [-0.05, 0) is 0 Å². The van der Waals surface area contributed by atoms with Crippen LogP contribution in [-0.2, 0) is 14.1 Å². The van der Waals surface area contributed by atoms with Gasteiger partial charge in [0.05, 0.1) is 9.47 Å². The molecule has 0 aliphatic rings. The zero-order valence-electron chi connectivity index (χ0n) is 3.29. The quantitative estimate of drug-likeness (QED) is 0.214. The van der Waals surface area contributed by atoms with Crippen LogP contribution in [-0.4, -0.2) is 12.6 Å². The molecule has 0 saturated carbocycles. The Labute approximate surface area is 42.1 Å². The van der Waals surface area contributed by atoms with Gasteiger partial charge in [-0.3, -0.25) is 4.79 Å². The molecule has 0 amide bonds. The van der Waals surface area contributed by atoms with Crippen molar-refractivity contribution in [3.63, 3.8) is 0 Å². The zero-order chi connectivity index (χ0) is 5.70. The Morgan fingerprint density at radius 3 is 2.43 bits per heavy atom. The molecule has 0 rings (SSSR count). The van der Waals surface area contributed by atoms with Crippen LogP contribution in [0.5, 0.6) is 0 Å². The summed E-state index contributed by atoms with van der Waals surface area (Å²) >= 11 is 0. The maximum Gasteiger partial charge on any atom is 0.518 e. The van der Waals surface area contributed by atoms with Crippen LogP contribution in [0, 0.1) is 0 Å². The van der Waals surface area contributed by atoms with E-state index in [0.29, 0.717) is 0 Å². The molecule has 0 fully saturated rings. The normalized spacial score (nSPS) is 7.00. The molecule has 0 spiro atoms. The van der Waals surface area contributed by atoms with Gasteiger partial charge in [-0.2, -0.15) is 0 Å². The minimum atomic E-state index is -1.03. The molecule has 0 N–H and O–H groups in total. The standard InChI is InChI=1S/C2H3O4P/c3-1-5-2(4)6-7/h1H,7H2. The number of carbonyl (C=O) groups is 2. The maximum absolute atomic E-state index is 9.72. The fourth-order valence-electron chi connectivity index (χ4n) is 0.0671. The van der Waals surface area contributed by atoms with E-state index in [9.17, 15) is 9.59 Å². The van der Waals surface area contributed by atoms with Crippen LogP contribution in [0.1, 0.15) is 0 Å². The average Bonchev–Trinajstić information content (AvgIpc) is 1.68. The summed E-state index contributed by atoms with van der Waals surface area (Å²) in [7, 11) is 1.63. The monoisotopic (exact) mass is 122 g/mol. The summed E-state index contributed by atoms with van der Waals surface area (Å²) in [6.07, 6.45) is -1.03. The van der Waals surface area contributed by atoms with Gasteiger partial charge in [0, 0.05) is 0 Å². The largest absolute Gasteiger partial charge is 0.518 e. The van der Waals surface area contributed by atoms with Gasteiger partial charge < -0.3 is 9.26 Å². The summed E-state index contributed by atoms with van der Waals surface area (Å²) in [5, 5.41) is 0. The minimum Gasteiger partial charge on any atom is -0.420 e. The van der Waals surface area contributed by atoms with E-state index >= 15 is 0 Å². The Morgan fingerprint density at radius 2 is 2.29 bits per heavy atom. The minimum absolute atomic E-state index is 0.00755. The number of rotatable bonds is 1. The third-order valence-electron chi connectivity index (χ3n) is 0.241. The summed E-state index contributed by atoms with van der Waals surface area (Å²) < 4.78 is 7.44. The number of hydrogen-bond donors (Lipinski definition) is 0. The molecule has 0 radical (unpaired) electrons. The third-order valence-corrected chi connectivity index (χ3v) is 0.433. The average molecular weight is 122 g/mol. The number of hydrogen-bond acceptors (Lipinski definition) is 4. The molecule has 0 aromatic heterocycles. The van der Waals surface area contributed by atoms with Gasteiger partial charge in [0.1, 0.15) is 0 Å². The van der Waals surface area contributed by atoms with Crippen molar-refractivity contribution in [2.24, 2.45) is 0 Å². The summed E-state index contributed by atoms with van der Waals surface area (Å²) in [5.74, 6) is 0. The van der Waals surface area contributed by atoms with Gasteiger partial charge in [-0.25, -0.2) is 4.79 Å². The van der Waals surface area contributed by atoms with E-state index in [0.717, 1.165) is 0 Å². The van der Waals surface area contributed by atoms with Gasteiger partial charge in [0.25, 0.3) is 0 Å². The molecule has 1 unspecified atom stereocenters. The molecular formula is C2H3O4P. The zero-order valence-corrected chi connectivity index (χ0v) is 4.44. The highest BCUT2D eigenvalue weighted by Gasteiger charge is 1.94. The third kappa shape index (κ3) is 3.19. The molecule has 0 bridgehead atoms. The van der Waals surface area contributed by atoms with Crippen molar-refractivity contribution in [3.05, 3.63) is 0 Å². The Bertz CT molecular complexity index is 79.8. The van der Waals surface area contributed by atoms with Gasteiger partial charge in [0.15, 0.2) is 0 Å². The predicted octanol–water partition coefficient (Wildman–Crippen LogP) is 0.0861. The first kappa shape index (κ1) is 6.37. The van der Waals surface area contributed by atoms with E-state index in [-0.39, 0.29) is 6.47 Å². The summed E-state index contributed by atoms with van der Waals surface area (Å²) in [4.78, 5) is 19.0. The van der Waals surface area contributed by atoms with Crippen LogP contribution >= 0.6 is 9.47 Å². The smallest absolute Gasteiger partial charge is 0.420 e. The van der Waals surface area contributed by atoms with Gasteiger partial charge >= 0.3 is 12.6 Å². The first-order valence-electron chi connectivity index (χ1n) is 1.32. The first-order chi connectivity index (χ1) is 3.31. The lowest BCUT2D eigenvalue weighted by molar-refractivity contribution is -0.124. The molecule has 40 valence electrons. The topological polar surface area (TPSA) is 52.6 Å². The van der Waals surface area contributed by atoms with Crippen molar-refractivity contribution in [2.75, 3.05) is 0 Å². The lowest BCUT2D eigenvalue weighted by Gasteiger charge is -1.87. The van der Waals surface area contributed by atoms with Crippen molar-refractivity contribution < 1.29 is 18.8 Å². The van der Waals surface area contributed by atoms with Crippen LogP contribution in [0.4, 0.5) is 4.79 Å². The summed E-state index contributed by atoms with van der Waals surface area (Å²) in [6.45, 7) is -0.00755. The summed E-state index contributed by atoms with van der Waals surface area (Å²) in [5.41, 5.74) is 0. The highest BCUT2D eigenvalue weighted by Crippen LogP contribution is 1.87. The molecule has 0 aromatic rings. The van der Waals surface area contributed by atoms with Gasteiger partial charge in [-0.15, -0.1) is 0 Å². The molecule has 4 nitrogen and oxygen atoms in total. The van der Waals surface area contributed by atoms with Crippen LogP contribution in [0.3, 0.4) is 0 Å². The van der Waals surface area contributed by atoms with E-state index in [4.69, 9.17) is 0 Å². The molecule has 0 heterocycles. The molecule has 0 aromatic carbocycles. The second-order valence-electron chi connectivity index (χ2n) is 0.582. The molecule has 7 heavy (non-hydrogen) atoms. The van der Waals surface area contributed by atoms with E-state index in [1.165, 1.54) is 0 Å². The predicted molar refractivity (Wildman–Crippen MR) is 23.3 cm³/mol. The van der Waals surface area contributed by atoms with E-state index in [2.05, 4.69) is 9.26 Å². The molecule has 0 aliphatic heterocycles. The van der Waals surface area contributed by atoms with Crippen LogP contribution in [0.2, 0.25) is 0 Å². The lowest BCUT2D eigenvalue weighted by atomic mass is 11.3. The molecule has 0 aliphatic carbocycles. The molecular weight excluding hydrogens is 119 g/mol. The van der Waals surface area contributed by atoms with Crippen LogP contribution in [0.15, 0.2) is 0 Å². The summed E-state index contributed by atoms with van der Waals surface area (Å²) in [6, 6.07) is 0. The van der Waals surface area contributed by atoms with Crippen molar-refractivity contribution in [1.29, 1.82) is 0 Å². The van der Waals surface area contributed by atoms with E-state index < -0.39 is 6.16 Å². The molecule has 1 atom stereocenters. The SMILES string of the molecule is O=COC(=O)OP. The lowest BCUT2D eigenvalue weighted by Crippen LogP contribution is -1.97. The van der Waals surface area contributed by atoms with Gasteiger partial charge in [0.2, 0.25) is 0 Å². The van der Waals surface area contributed by atoms with Crippen molar-refractivity contribution in [1.82, 2.24) is 0 Å². The Balaban J connectivity index is 3.17. The highest BCUT2D eigenvalue weighted by atomic mass is 31.0. The fraction of sp³-hybridized carbons (Fsp3) is 0. The maximum atomic E-state index is 9.72. The van der Waals surface area contributed by atoms with Gasteiger partial charge in [-0.1, -0.05) is 0 Å². The second kappa shape index (κ2) is 3.56. The van der Waals surface area contributed by atoms with Crippen molar-refractivity contribution in [2.45, 2.75) is 0 Å². The molecule has 0 saturated heterocycles. The van der Waals surface area contributed by atoms with Crippen LogP contribution in [0.25, 0.3) is 0 Å². The second-order valence-corrected chi connectivity index (χ2v) is 0.818. The van der Waals surface area contributed by atoms with Crippen molar-refractivity contribution >= 4 is 22.1 Å². The van der Waals surface area contributed by atoms with Crippen LogP contribution < -0.4 is 0 Å². The van der Waals surface area contributed by atoms with E-state index in [1.807, 2.05) is 0 Å².